The molecule has 126 valence electrons. The molecular weight excluding hydrogens is 324 g/mol. The molecule has 1 amide bonds. The Balaban J connectivity index is 1.89. The molecule has 2 aromatic carbocycles. The Morgan fingerprint density at radius 3 is 2.33 bits per heavy atom. The van der Waals surface area contributed by atoms with Crippen LogP contribution in [0.15, 0.2) is 59.5 Å². The molecule has 0 bridgehead atoms. The second-order valence-corrected chi connectivity index (χ2v) is 7.78. The van der Waals surface area contributed by atoms with Gasteiger partial charge in [0, 0.05) is 31.4 Å². The van der Waals surface area contributed by atoms with Crippen molar-refractivity contribution < 1.29 is 13.2 Å². The molecule has 1 aliphatic rings. The quantitative estimate of drug-likeness (QED) is 0.857. The first-order chi connectivity index (χ1) is 11.5. The Morgan fingerprint density at radius 1 is 1.00 bits per heavy atom. The zero-order chi connectivity index (χ0) is 17.2. The summed E-state index contributed by atoms with van der Waals surface area (Å²) in [6.45, 7) is 1.09. The minimum atomic E-state index is -3.52. The van der Waals surface area contributed by atoms with E-state index in [1.807, 2.05) is 30.3 Å². The van der Waals surface area contributed by atoms with E-state index in [1.54, 1.807) is 25.2 Å². The molecule has 0 N–H and O–H groups in total. The number of amides is 1. The third-order valence-corrected chi connectivity index (χ3v) is 6.13. The van der Waals surface area contributed by atoms with Crippen molar-refractivity contribution >= 4 is 21.6 Å². The zero-order valence-corrected chi connectivity index (χ0v) is 14.4. The van der Waals surface area contributed by atoms with Crippen molar-refractivity contribution in [2.45, 2.75) is 17.7 Å². The minimum Gasteiger partial charge on any atom is -0.311 e. The highest BCUT2D eigenvalue weighted by Crippen LogP contribution is 2.22. The molecule has 24 heavy (non-hydrogen) atoms. The van der Waals surface area contributed by atoms with E-state index in [4.69, 9.17) is 0 Å². The molecule has 6 heteroatoms. The van der Waals surface area contributed by atoms with Crippen LogP contribution in [0.25, 0.3) is 0 Å². The molecule has 1 heterocycles. The van der Waals surface area contributed by atoms with Crippen LogP contribution in [-0.4, -0.2) is 38.8 Å². The van der Waals surface area contributed by atoms with Crippen molar-refractivity contribution in [2.75, 3.05) is 25.0 Å². The van der Waals surface area contributed by atoms with E-state index in [0.29, 0.717) is 18.7 Å². The molecule has 3 rings (SSSR count). The number of sulfonamides is 1. The highest BCUT2D eigenvalue weighted by atomic mass is 32.2. The number of anilines is 1. The van der Waals surface area contributed by atoms with Gasteiger partial charge >= 0.3 is 0 Å². The average molecular weight is 344 g/mol. The summed E-state index contributed by atoms with van der Waals surface area (Å²) in [6, 6.07) is 15.5. The third-order valence-electron chi connectivity index (χ3n) is 4.23. The van der Waals surface area contributed by atoms with Crippen molar-refractivity contribution in [2.24, 2.45) is 0 Å². The molecule has 0 unspecified atom stereocenters. The molecule has 1 saturated heterocycles. The molecule has 1 fully saturated rings. The fourth-order valence-corrected chi connectivity index (χ4v) is 4.39. The van der Waals surface area contributed by atoms with Crippen LogP contribution in [0.4, 0.5) is 5.69 Å². The number of carbonyl (C=O) groups excluding carboxylic acids is 1. The predicted octanol–water partition coefficient (Wildman–Crippen LogP) is 2.75. The standard InChI is InChI=1S/C18H20N2O3S/c1-19(16-9-3-2-4-10-16)18(21)15-8-7-11-17(14-15)24(22,23)20-12-5-6-13-20/h2-4,7-11,14H,5-6,12-13H2,1H3. The van der Waals surface area contributed by atoms with Crippen LogP contribution in [0.1, 0.15) is 23.2 Å². The first-order valence-corrected chi connectivity index (χ1v) is 9.37. The van der Waals surface area contributed by atoms with Crippen LogP contribution in [0.3, 0.4) is 0 Å². The lowest BCUT2D eigenvalue weighted by molar-refractivity contribution is 0.0993. The molecule has 0 atom stereocenters. The Morgan fingerprint density at radius 2 is 1.67 bits per heavy atom. The lowest BCUT2D eigenvalue weighted by Gasteiger charge is -2.19. The van der Waals surface area contributed by atoms with E-state index >= 15 is 0 Å². The van der Waals surface area contributed by atoms with Crippen molar-refractivity contribution in [3.63, 3.8) is 0 Å². The molecular formula is C18H20N2O3S. The Hall–Kier alpha value is -2.18. The number of rotatable bonds is 4. The first kappa shape index (κ1) is 16.7. The Kier molecular flexibility index (Phi) is 4.69. The molecule has 0 spiro atoms. The highest BCUT2D eigenvalue weighted by Gasteiger charge is 2.28. The van der Waals surface area contributed by atoms with Gasteiger partial charge in [-0.2, -0.15) is 4.31 Å². The van der Waals surface area contributed by atoms with Crippen LogP contribution in [0, 0.1) is 0 Å². The van der Waals surface area contributed by atoms with Crippen molar-refractivity contribution in [3.05, 3.63) is 60.2 Å². The van der Waals surface area contributed by atoms with E-state index in [0.717, 1.165) is 18.5 Å². The van der Waals surface area contributed by atoms with Gasteiger partial charge in [-0.05, 0) is 43.2 Å². The zero-order valence-electron chi connectivity index (χ0n) is 13.6. The topological polar surface area (TPSA) is 57.7 Å². The van der Waals surface area contributed by atoms with E-state index in [2.05, 4.69) is 0 Å². The van der Waals surface area contributed by atoms with Gasteiger partial charge in [0.15, 0.2) is 0 Å². The van der Waals surface area contributed by atoms with Crippen molar-refractivity contribution in [3.8, 4) is 0 Å². The maximum Gasteiger partial charge on any atom is 0.258 e. The van der Waals surface area contributed by atoms with Crippen LogP contribution in [-0.2, 0) is 10.0 Å². The SMILES string of the molecule is CN(C(=O)c1cccc(S(=O)(=O)N2CCCC2)c1)c1ccccc1. The fourth-order valence-electron chi connectivity index (χ4n) is 2.83. The van der Waals surface area contributed by atoms with Gasteiger partial charge in [-0.15, -0.1) is 0 Å². The van der Waals surface area contributed by atoms with E-state index in [1.165, 1.54) is 15.3 Å². The van der Waals surface area contributed by atoms with E-state index in [-0.39, 0.29) is 10.8 Å². The summed E-state index contributed by atoms with van der Waals surface area (Å²) in [5, 5.41) is 0. The summed E-state index contributed by atoms with van der Waals surface area (Å²) in [5.74, 6) is -0.236. The summed E-state index contributed by atoms with van der Waals surface area (Å²) in [6.07, 6.45) is 1.77. The van der Waals surface area contributed by atoms with Gasteiger partial charge in [-0.25, -0.2) is 8.42 Å². The smallest absolute Gasteiger partial charge is 0.258 e. The molecule has 0 saturated carbocycles. The maximum atomic E-state index is 12.7. The lowest BCUT2D eigenvalue weighted by Crippen LogP contribution is -2.29. The number of carbonyl (C=O) groups is 1. The highest BCUT2D eigenvalue weighted by molar-refractivity contribution is 7.89. The number of benzene rings is 2. The maximum absolute atomic E-state index is 12.7. The summed E-state index contributed by atoms with van der Waals surface area (Å²) in [5.41, 5.74) is 1.12. The van der Waals surface area contributed by atoms with Crippen molar-refractivity contribution in [1.82, 2.24) is 4.31 Å². The summed E-state index contributed by atoms with van der Waals surface area (Å²) < 4.78 is 26.8. The van der Waals surface area contributed by atoms with Crippen LogP contribution in [0.2, 0.25) is 0 Å². The number of hydrogen-bond donors (Lipinski definition) is 0. The molecule has 0 radical (unpaired) electrons. The number of nitrogens with zero attached hydrogens (tertiary/aromatic N) is 2. The second-order valence-electron chi connectivity index (χ2n) is 5.84. The largest absolute Gasteiger partial charge is 0.311 e. The van der Waals surface area contributed by atoms with Gasteiger partial charge in [0.25, 0.3) is 5.91 Å². The van der Waals surface area contributed by atoms with Gasteiger partial charge in [-0.3, -0.25) is 4.79 Å². The molecule has 2 aromatic rings. The number of para-hydroxylation sites is 1. The van der Waals surface area contributed by atoms with Gasteiger partial charge < -0.3 is 4.90 Å². The van der Waals surface area contributed by atoms with Gasteiger partial charge in [0.1, 0.15) is 0 Å². The number of hydrogen-bond acceptors (Lipinski definition) is 3. The van der Waals surface area contributed by atoms with Crippen molar-refractivity contribution in [1.29, 1.82) is 0 Å². The third kappa shape index (κ3) is 3.20. The second kappa shape index (κ2) is 6.75. The average Bonchev–Trinajstić information content (AvgIpc) is 3.17. The fraction of sp³-hybridized carbons (Fsp3) is 0.278. The van der Waals surface area contributed by atoms with Crippen LogP contribution < -0.4 is 4.90 Å². The predicted molar refractivity (Wildman–Crippen MR) is 93.6 cm³/mol. The Bertz CT molecular complexity index is 828. The monoisotopic (exact) mass is 344 g/mol. The lowest BCUT2D eigenvalue weighted by atomic mass is 10.2. The van der Waals surface area contributed by atoms with Crippen LogP contribution >= 0.6 is 0 Å². The minimum absolute atomic E-state index is 0.178. The summed E-state index contributed by atoms with van der Waals surface area (Å²) >= 11 is 0. The van der Waals surface area contributed by atoms with E-state index < -0.39 is 10.0 Å². The molecule has 0 aliphatic carbocycles. The van der Waals surface area contributed by atoms with Gasteiger partial charge in [0.2, 0.25) is 10.0 Å². The van der Waals surface area contributed by atoms with Gasteiger partial charge in [0.05, 0.1) is 4.90 Å². The summed E-state index contributed by atoms with van der Waals surface area (Å²) in [7, 11) is -1.84. The molecule has 0 aromatic heterocycles. The van der Waals surface area contributed by atoms with E-state index in [9.17, 15) is 13.2 Å². The normalized spacial score (nSPS) is 15.4. The van der Waals surface area contributed by atoms with Crippen LogP contribution in [0.5, 0.6) is 0 Å². The molecule has 1 aliphatic heterocycles. The first-order valence-electron chi connectivity index (χ1n) is 7.93. The van der Waals surface area contributed by atoms with Gasteiger partial charge in [-0.1, -0.05) is 24.3 Å². The Labute approximate surface area is 142 Å². The summed E-state index contributed by atoms with van der Waals surface area (Å²) in [4.78, 5) is 14.4. The molecule has 5 nitrogen and oxygen atoms in total.